The standard InChI is InChI=1S/C59H44N2/c1-59(2)54-26-13-14-27-56(54)61(58-52-25-12-11-19-44(52)32-36-53(58)48-29-28-42-18-9-10-20-45(42)38-48)57-40-47(33-37-55(57)59)46-21-15-24-51(39-46)60(49-22-7-4-8-23-49)50-34-30-43(31-35-50)41-16-5-3-6-17-41/h3-40H,1-2H3. The molecular weight excluding hydrogens is 737 g/mol. The molecule has 2 nitrogen and oxygen atoms in total. The van der Waals surface area contributed by atoms with Gasteiger partial charge in [-0.2, -0.15) is 0 Å². The predicted molar refractivity (Wildman–Crippen MR) is 259 cm³/mol. The monoisotopic (exact) mass is 780 g/mol. The van der Waals surface area contributed by atoms with Gasteiger partial charge >= 0.3 is 0 Å². The molecule has 1 aliphatic heterocycles. The molecule has 0 spiro atoms. The number of benzene rings is 10. The van der Waals surface area contributed by atoms with Gasteiger partial charge in [-0.05, 0) is 110 Å². The second kappa shape index (κ2) is 14.9. The third-order valence-corrected chi connectivity index (χ3v) is 12.6. The van der Waals surface area contributed by atoms with Crippen LogP contribution in [0, 0.1) is 0 Å². The van der Waals surface area contributed by atoms with Crippen molar-refractivity contribution < 1.29 is 0 Å². The Hall–Kier alpha value is -7.68. The topological polar surface area (TPSA) is 6.48 Å². The number of para-hydroxylation sites is 2. The van der Waals surface area contributed by atoms with Crippen molar-refractivity contribution in [3.05, 3.63) is 242 Å². The number of hydrogen-bond acceptors (Lipinski definition) is 2. The summed E-state index contributed by atoms with van der Waals surface area (Å²) < 4.78 is 0. The lowest BCUT2D eigenvalue weighted by Crippen LogP contribution is -2.31. The number of rotatable bonds is 7. The molecule has 61 heavy (non-hydrogen) atoms. The Morgan fingerprint density at radius 1 is 0.344 bits per heavy atom. The van der Waals surface area contributed by atoms with Crippen molar-refractivity contribution in [1.29, 1.82) is 0 Å². The van der Waals surface area contributed by atoms with Crippen LogP contribution in [-0.4, -0.2) is 0 Å². The molecule has 0 amide bonds. The molecule has 1 aliphatic rings. The van der Waals surface area contributed by atoms with Crippen LogP contribution in [0.5, 0.6) is 0 Å². The Morgan fingerprint density at radius 2 is 0.902 bits per heavy atom. The first-order valence-electron chi connectivity index (χ1n) is 21.2. The molecule has 0 aromatic heterocycles. The molecule has 0 atom stereocenters. The molecule has 0 N–H and O–H groups in total. The Bertz CT molecular complexity index is 3220. The van der Waals surface area contributed by atoms with Gasteiger partial charge in [-0.1, -0.05) is 190 Å². The van der Waals surface area contributed by atoms with Gasteiger partial charge in [0, 0.05) is 33.4 Å². The summed E-state index contributed by atoms with van der Waals surface area (Å²) in [6.07, 6.45) is 0. The van der Waals surface area contributed by atoms with E-state index >= 15 is 0 Å². The molecule has 290 valence electrons. The first-order chi connectivity index (χ1) is 30.0. The van der Waals surface area contributed by atoms with E-state index in [1.54, 1.807) is 0 Å². The van der Waals surface area contributed by atoms with Crippen molar-refractivity contribution in [2.24, 2.45) is 0 Å². The highest BCUT2D eigenvalue weighted by molar-refractivity contribution is 6.08. The van der Waals surface area contributed by atoms with Crippen LogP contribution in [0.1, 0.15) is 25.0 Å². The molecule has 10 aromatic carbocycles. The molecule has 0 saturated heterocycles. The molecule has 0 radical (unpaired) electrons. The SMILES string of the molecule is CC1(C)c2ccccc2N(c2c(-c3ccc4ccccc4c3)ccc3ccccc23)c2cc(-c3cccc(N(c4ccccc4)c4ccc(-c5ccccc5)cc4)c3)ccc21. The van der Waals surface area contributed by atoms with Crippen LogP contribution < -0.4 is 9.80 Å². The molecule has 0 saturated carbocycles. The average Bonchev–Trinajstić information content (AvgIpc) is 3.32. The minimum atomic E-state index is -0.230. The molecule has 0 aliphatic carbocycles. The summed E-state index contributed by atoms with van der Waals surface area (Å²) in [5, 5.41) is 4.91. The van der Waals surface area contributed by atoms with E-state index in [1.165, 1.54) is 77.6 Å². The number of anilines is 6. The molecule has 0 bridgehead atoms. The zero-order valence-electron chi connectivity index (χ0n) is 34.3. The lowest BCUT2D eigenvalue weighted by molar-refractivity contribution is 0.632. The third kappa shape index (κ3) is 6.36. The van der Waals surface area contributed by atoms with Gasteiger partial charge in [0.05, 0.1) is 17.1 Å². The van der Waals surface area contributed by atoms with Crippen LogP contribution in [0.3, 0.4) is 0 Å². The summed E-state index contributed by atoms with van der Waals surface area (Å²) in [4.78, 5) is 4.91. The van der Waals surface area contributed by atoms with E-state index in [0.29, 0.717) is 0 Å². The number of nitrogens with zero attached hydrogens (tertiary/aromatic N) is 2. The second-order valence-corrected chi connectivity index (χ2v) is 16.6. The normalized spacial score (nSPS) is 12.9. The van der Waals surface area contributed by atoms with Crippen molar-refractivity contribution in [2.45, 2.75) is 19.3 Å². The van der Waals surface area contributed by atoms with Gasteiger partial charge < -0.3 is 9.80 Å². The van der Waals surface area contributed by atoms with E-state index in [9.17, 15) is 0 Å². The number of fused-ring (bicyclic) bond motifs is 4. The molecule has 2 heteroatoms. The molecular formula is C59H44N2. The zero-order chi connectivity index (χ0) is 40.9. The molecule has 10 aromatic rings. The van der Waals surface area contributed by atoms with E-state index in [1.807, 2.05) is 0 Å². The fraction of sp³-hybridized carbons (Fsp3) is 0.0508. The van der Waals surface area contributed by atoms with E-state index in [-0.39, 0.29) is 5.41 Å². The van der Waals surface area contributed by atoms with Crippen LogP contribution in [0.15, 0.2) is 231 Å². The molecule has 1 heterocycles. The fourth-order valence-corrected chi connectivity index (χ4v) is 9.51. The van der Waals surface area contributed by atoms with Gasteiger partial charge in [0.15, 0.2) is 0 Å². The molecule has 11 rings (SSSR count). The van der Waals surface area contributed by atoms with Crippen LogP contribution in [0.25, 0.3) is 54.9 Å². The van der Waals surface area contributed by atoms with Crippen molar-refractivity contribution in [2.75, 3.05) is 9.80 Å². The summed E-state index contributed by atoms with van der Waals surface area (Å²) in [6, 6.07) is 84.3. The highest BCUT2D eigenvalue weighted by atomic mass is 15.2. The van der Waals surface area contributed by atoms with Gasteiger partial charge in [0.2, 0.25) is 0 Å². The zero-order valence-corrected chi connectivity index (χ0v) is 34.3. The summed E-state index contributed by atoms with van der Waals surface area (Å²) >= 11 is 0. The average molecular weight is 781 g/mol. The van der Waals surface area contributed by atoms with Gasteiger partial charge in [0.1, 0.15) is 0 Å². The summed E-state index contributed by atoms with van der Waals surface area (Å²) in [5.41, 5.74) is 16.4. The Balaban J connectivity index is 1.09. The summed E-state index contributed by atoms with van der Waals surface area (Å²) in [5.74, 6) is 0. The molecule has 0 fully saturated rings. The maximum Gasteiger partial charge on any atom is 0.0618 e. The Morgan fingerprint density at radius 3 is 1.72 bits per heavy atom. The third-order valence-electron chi connectivity index (χ3n) is 12.6. The summed E-state index contributed by atoms with van der Waals surface area (Å²) in [7, 11) is 0. The first kappa shape index (κ1) is 36.4. The Kier molecular flexibility index (Phi) is 8.86. The fourth-order valence-electron chi connectivity index (χ4n) is 9.51. The maximum absolute atomic E-state index is 2.56. The largest absolute Gasteiger partial charge is 0.310 e. The lowest BCUT2D eigenvalue weighted by atomic mass is 9.73. The van der Waals surface area contributed by atoms with Crippen LogP contribution in [0.4, 0.5) is 34.1 Å². The van der Waals surface area contributed by atoms with E-state index in [4.69, 9.17) is 0 Å². The van der Waals surface area contributed by atoms with Crippen molar-refractivity contribution in [3.8, 4) is 33.4 Å². The Labute approximate surface area is 358 Å². The maximum atomic E-state index is 2.56. The smallest absolute Gasteiger partial charge is 0.0618 e. The van der Waals surface area contributed by atoms with Gasteiger partial charge in [-0.25, -0.2) is 0 Å². The van der Waals surface area contributed by atoms with E-state index < -0.39 is 0 Å². The van der Waals surface area contributed by atoms with E-state index in [2.05, 4.69) is 254 Å². The molecule has 0 unspecified atom stereocenters. The van der Waals surface area contributed by atoms with Crippen LogP contribution in [-0.2, 0) is 5.41 Å². The first-order valence-corrected chi connectivity index (χ1v) is 21.2. The predicted octanol–water partition coefficient (Wildman–Crippen LogP) is 16.6. The van der Waals surface area contributed by atoms with Crippen molar-refractivity contribution >= 4 is 55.7 Å². The van der Waals surface area contributed by atoms with Gasteiger partial charge in [0.25, 0.3) is 0 Å². The lowest BCUT2D eigenvalue weighted by Gasteiger charge is -2.43. The minimum absolute atomic E-state index is 0.230. The second-order valence-electron chi connectivity index (χ2n) is 16.6. The van der Waals surface area contributed by atoms with Gasteiger partial charge in [-0.15, -0.1) is 0 Å². The van der Waals surface area contributed by atoms with Crippen LogP contribution in [0.2, 0.25) is 0 Å². The number of hydrogen-bond donors (Lipinski definition) is 0. The van der Waals surface area contributed by atoms with Crippen molar-refractivity contribution in [3.63, 3.8) is 0 Å². The summed E-state index contributed by atoms with van der Waals surface area (Å²) in [6.45, 7) is 4.74. The van der Waals surface area contributed by atoms with E-state index in [0.717, 1.165) is 22.6 Å². The van der Waals surface area contributed by atoms with Crippen LogP contribution >= 0.6 is 0 Å². The quantitative estimate of drug-likeness (QED) is 0.159. The minimum Gasteiger partial charge on any atom is -0.310 e. The van der Waals surface area contributed by atoms with Crippen molar-refractivity contribution in [1.82, 2.24) is 0 Å². The van der Waals surface area contributed by atoms with Gasteiger partial charge in [-0.3, -0.25) is 0 Å². The highest BCUT2D eigenvalue weighted by Crippen LogP contribution is 2.56. The highest BCUT2D eigenvalue weighted by Gasteiger charge is 2.38.